The monoisotopic (exact) mass is 215 g/mol. The van der Waals surface area contributed by atoms with Crippen LogP contribution in [-0.2, 0) is 0 Å². The van der Waals surface area contributed by atoms with Crippen molar-refractivity contribution in [2.45, 2.75) is 0 Å². The molecule has 2 heterocycles. The van der Waals surface area contributed by atoms with Crippen molar-refractivity contribution >= 4 is 27.1 Å². The molecule has 56 valence electrons. The highest BCUT2D eigenvalue weighted by Gasteiger charge is 2.03. The maximum atomic E-state index is 10.9. The number of aromatic nitrogens is 5. The van der Waals surface area contributed by atoms with E-state index >= 15 is 0 Å². The Morgan fingerprint density at radius 1 is 1.45 bits per heavy atom. The summed E-state index contributed by atoms with van der Waals surface area (Å²) >= 11 is 3.07. The van der Waals surface area contributed by atoms with Crippen LogP contribution in [0.4, 0.5) is 0 Å². The zero-order chi connectivity index (χ0) is 7.84. The van der Waals surface area contributed by atoms with Crippen molar-refractivity contribution in [3.05, 3.63) is 15.1 Å². The molecule has 0 fully saturated rings. The molecule has 7 heteroatoms. The second-order valence-electron chi connectivity index (χ2n) is 1.87. The average molecular weight is 216 g/mol. The molecule has 0 aliphatic heterocycles. The number of aromatic amines is 2. The summed E-state index contributed by atoms with van der Waals surface area (Å²) in [7, 11) is 0. The lowest BCUT2D eigenvalue weighted by Gasteiger charge is -1.80. The number of hydrogen-bond donors (Lipinski definition) is 2. The van der Waals surface area contributed by atoms with Gasteiger partial charge in [-0.2, -0.15) is 0 Å². The third kappa shape index (κ3) is 0.929. The Balaban J connectivity index is 3.02. The van der Waals surface area contributed by atoms with Crippen LogP contribution in [-0.4, -0.2) is 25.4 Å². The van der Waals surface area contributed by atoms with Gasteiger partial charge in [-0.05, 0) is 15.9 Å². The molecule has 0 atom stereocenters. The smallest absolute Gasteiger partial charge is 0.293 e. The zero-order valence-corrected chi connectivity index (χ0v) is 6.71. The van der Waals surface area contributed by atoms with Crippen molar-refractivity contribution in [2.75, 3.05) is 0 Å². The summed E-state index contributed by atoms with van der Waals surface area (Å²) in [5, 5.41) is 9.10. The van der Waals surface area contributed by atoms with E-state index in [1.54, 1.807) is 0 Å². The Morgan fingerprint density at radius 2 is 2.27 bits per heavy atom. The van der Waals surface area contributed by atoms with E-state index in [0.29, 0.717) is 15.9 Å². The van der Waals surface area contributed by atoms with E-state index in [1.807, 2.05) is 0 Å². The minimum absolute atomic E-state index is 0.306. The first kappa shape index (κ1) is 6.47. The first-order valence-corrected chi connectivity index (χ1v) is 3.53. The van der Waals surface area contributed by atoms with Crippen LogP contribution in [0.5, 0.6) is 0 Å². The van der Waals surface area contributed by atoms with E-state index < -0.39 is 0 Å². The molecule has 0 saturated carbocycles. The van der Waals surface area contributed by atoms with Crippen molar-refractivity contribution in [3.63, 3.8) is 0 Å². The zero-order valence-electron chi connectivity index (χ0n) is 5.13. The van der Waals surface area contributed by atoms with Gasteiger partial charge in [0.15, 0.2) is 10.3 Å². The summed E-state index contributed by atoms with van der Waals surface area (Å²) in [6.07, 6.45) is 0. The van der Waals surface area contributed by atoms with E-state index in [4.69, 9.17) is 0 Å². The Bertz CT molecular complexity index is 445. The minimum atomic E-state index is -0.326. The first-order chi connectivity index (χ1) is 5.27. The van der Waals surface area contributed by atoms with Crippen molar-refractivity contribution in [3.8, 4) is 0 Å². The molecule has 0 unspecified atom stereocenters. The topological polar surface area (TPSA) is 87.3 Å². The molecular weight excluding hydrogens is 214 g/mol. The van der Waals surface area contributed by atoms with Crippen LogP contribution in [0.25, 0.3) is 11.2 Å². The normalized spacial score (nSPS) is 10.6. The lowest BCUT2D eigenvalue weighted by atomic mass is 10.6. The van der Waals surface area contributed by atoms with Crippen LogP contribution in [0.3, 0.4) is 0 Å². The summed E-state index contributed by atoms with van der Waals surface area (Å²) < 4.78 is 0.471. The maximum absolute atomic E-state index is 10.9. The van der Waals surface area contributed by atoms with Crippen LogP contribution in [0.2, 0.25) is 0 Å². The maximum Gasteiger partial charge on any atom is 0.293 e. The molecule has 11 heavy (non-hydrogen) atoms. The molecule has 0 saturated heterocycles. The number of nitrogens with one attached hydrogen (secondary N) is 2. The van der Waals surface area contributed by atoms with E-state index in [2.05, 4.69) is 41.3 Å². The molecule has 0 bridgehead atoms. The Hall–Kier alpha value is -1.24. The lowest BCUT2D eigenvalue weighted by Crippen LogP contribution is -2.09. The van der Waals surface area contributed by atoms with Crippen LogP contribution < -0.4 is 5.56 Å². The minimum Gasteiger partial charge on any atom is -0.326 e. The number of rotatable bonds is 0. The largest absolute Gasteiger partial charge is 0.326 e. The van der Waals surface area contributed by atoms with E-state index in [9.17, 15) is 4.79 Å². The van der Waals surface area contributed by atoms with Crippen molar-refractivity contribution in [1.82, 2.24) is 25.4 Å². The van der Waals surface area contributed by atoms with Gasteiger partial charge in [0.25, 0.3) is 5.56 Å². The second-order valence-corrected chi connectivity index (χ2v) is 2.62. The van der Waals surface area contributed by atoms with Crippen molar-refractivity contribution in [2.24, 2.45) is 0 Å². The number of halogens is 1. The summed E-state index contributed by atoms with van der Waals surface area (Å²) in [6, 6.07) is 0. The van der Waals surface area contributed by atoms with E-state index in [-0.39, 0.29) is 5.56 Å². The Kier molecular flexibility index (Phi) is 1.25. The molecule has 0 amide bonds. The molecular formula is C4H2BrN5O. The van der Waals surface area contributed by atoms with E-state index in [1.165, 1.54) is 0 Å². The fourth-order valence-electron chi connectivity index (χ4n) is 0.740. The quantitative estimate of drug-likeness (QED) is 0.638. The summed E-state index contributed by atoms with van der Waals surface area (Å²) in [6.45, 7) is 0. The second kappa shape index (κ2) is 2.12. The van der Waals surface area contributed by atoms with Gasteiger partial charge in [0.2, 0.25) is 5.65 Å². The molecule has 2 rings (SSSR count). The molecule has 2 aromatic heterocycles. The summed E-state index contributed by atoms with van der Waals surface area (Å²) in [5.41, 5.74) is 0.306. The number of fused-ring (bicyclic) bond motifs is 1. The lowest BCUT2D eigenvalue weighted by molar-refractivity contribution is 0.865. The van der Waals surface area contributed by atoms with Crippen LogP contribution in [0.15, 0.2) is 9.53 Å². The molecule has 0 spiro atoms. The fraction of sp³-hybridized carbons (Fsp3) is 0. The molecule has 0 radical (unpaired) electrons. The number of H-pyrrole nitrogens is 2. The molecule has 2 N–H and O–H groups in total. The third-order valence-electron chi connectivity index (χ3n) is 1.18. The Morgan fingerprint density at radius 3 is 3.00 bits per heavy atom. The molecule has 6 nitrogen and oxygen atoms in total. The summed E-state index contributed by atoms with van der Waals surface area (Å²) in [4.78, 5) is 17.5. The van der Waals surface area contributed by atoms with E-state index in [0.717, 1.165) is 0 Å². The number of imidazole rings is 1. The predicted octanol–water partition coefficient (Wildman–Crippen LogP) is -0.196. The average Bonchev–Trinajstić information content (AvgIpc) is 2.31. The fourth-order valence-corrected chi connectivity index (χ4v) is 1.11. The Labute approximate surface area is 68.2 Å². The van der Waals surface area contributed by atoms with Gasteiger partial charge in [-0.15, -0.1) is 5.10 Å². The van der Waals surface area contributed by atoms with Gasteiger partial charge >= 0.3 is 0 Å². The highest BCUT2D eigenvalue weighted by molar-refractivity contribution is 9.10. The standard InChI is InChI=1S/C4H2BrN5O/c5-4-6-1-2(7-4)8-10-9-3(1)11/h(H2,6,7,8,9,11). The van der Waals surface area contributed by atoms with Crippen LogP contribution in [0.1, 0.15) is 0 Å². The third-order valence-corrected chi connectivity index (χ3v) is 1.55. The summed E-state index contributed by atoms with van der Waals surface area (Å²) in [5.74, 6) is 0. The van der Waals surface area contributed by atoms with Crippen LogP contribution >= 0.6 is 15.9 Å². The van der Waals surface area contributed by atoms with Gasteiger partial charge in [-0.25, -0.2) is 10.1 Å². The van der Waals surface area contributed by atoms with Gasteiger partial charge in [-0.3, -0.25) is 4.79 Å². The SMILES string of the molecule is O=c1[nH]nnc2nc(Br)[nH]c12. The van der Waals surface area contributed by atoms with Gasteiger partial charge < -0.3 is 4.98 Å². The van der Waals surface area contributed by atoms with Gasteiger partial charge in [0, 0.05) is 0 Å². The highest BCUT2D eigenvalue weighted by atomic mass is 79.9. The van der Waals surface area contributed by atoms with Crippen molar-refractivity contribution in [1.29, 1.82) is 0 Å². The molecule has 0 aliphatic rings. The van der Waals surface area contributed by atoms with Gasteiger partial charge in [-0.1, -0.05) is 5.21 Å². The molecule has 0 aliphatic carbocycles. The molecule has 0 aromatic carbocycles. The first-order valence-electron chi connectivity index (χ1n) is 2.74. The number of hydrogen-bond acceptors (Lipinski definition) is 4. The number of nitrogens with zero attached hydrogens (tertiary/aromatic N) is 3. The highest BCUT2D eigenvalue weighted by Crippen LogP contribution is 2.06. The molecule has 2 aromatic rings. The van der Waals surface area contributed by atoms with Crippen molar-refractivity contribution < 1.29 is 0 Å². The van der Waals surface area contributed by atoms with Gasteiger partial charge in [0.05, 0.1) is 0 Å². The van der Waals surface area contributed by atoms with Crippen LogP contribution in [0, 0.1) is 0 Å². The van der Waals surface area contributed by atoms with Gasteiger partial charge in [0.1, 0.15) is 0 Å². The predicted molar refractivity (Wildman–Crippen MR) is 40.0 cm³/mol.